The van der Waals surface area contributed by atoms with Crippen molar-refractivity contribution in [1.29, 1.82) is 0 Å². The average Bonchev–Trinajstić information content (AvgIpc) is 2.15. The number of methoxy groups -OCH3 is 1. The molecule has 0 aliphatic carbocycles. The Kier molecular flexibility index (Phi) is 3.25. The average molecular weight is 237 g/mol. The van der Waals surface area contributed by atoms with E-state index in [1.165, 1.54) is 13.2 Å². The zero-order valence-electron chi connectivity index (χ0n) is 7.78. The molecule has 0 amide bonds. The van der Waals surface area contributed by atoms with E-state index in [0.29, 0.717) is 0 Å². The number of sulfonamides is 1. The van der Waals surface area contributed by atoms with E-state index in [0.717, 1.165) is 12.1 Å². The van der Waals surface area contributed by atoms with Crippen molar-refractivity contribution in [3.05, 3.63) is 23.8 Å². The highest BCUT2D eigenvalue weighted by Gasteiger charge is 2.21. The summed E-state index contributed by atoms with van der Waals surface area (Å²) in [4.78, 5) is -0.585. The van der Waals surface area contributed by atoms with Gasteiger partial charge in [0.2, 0.25) is 10.0 Å². The van der Waals surface area contributed by atoms with Gasteiger partial charge in [-0.25, -0.2) is 22.3 Å². The molecule has 4 nitrogen and oxygen atoms in total. The number of hydrogen-bond donors (Lipinski definition) is 1. The van der Waals surface area contributed by atoms with Gasteiger partial charge in [0.15, 0.2) is 0 Å². The topological polar surface area (TPSA) is 69.4 Å². The maximum atomic E-state index is 12.5. The lowest BCUT2D eigenvalue weighted by atomic mass is 10.2. The molecule has 0 bridgehead atoms. The van der Waals surface area contributed by atoms with Crippen molar-refractivity contribution < 1.29 is 21.9 Å². The van der Waals surface area contributed by atoms with E-state index < -0.39 is 26.9 Å². The predicted molar refractivity (Wildman–Crippen MR) is 49.3 cm³/mol. The lowest BCUT2D eigenvalue weighted by molar-refractivity contribution is 0.147. The van der Waals surface area contributed by atoms with Crippen LogP contribution in [0.3, 0.4) is 0 Å². The maximum absolute atomic E-state index is 12.5. The summed E-state index contributed by atoms with van der Waals surface area (Å²) in [6, 6.07) is 3.20. The van der Waals surface area contributed by atoms with Gasteiger partial charge in [0.25, 0.3) is 6.43 Å². The van der Waals surface area contributed by atoms with Gasteiger partial charge in [-0.05, 0) is 18.2 Å². The summed E-state index contributed by atoms with van der Waals surface area (Å²) in [6.07, 6.45) is -2.92. The van der Waals surface area contributed by atoms with Crippen molar-refractivity contribution in [2.24, 2.45) is 5.14 Å². The first-order valence-corrected chi connectivity index (χ1v) is 5.39. The molecule has 0 aliphatic rings. The molecule has 15 heavy (non-hydrogen) atoms. The van der Waals surface area contributed by atoms with E-state index in [4.69, 9.17) is 9.88 Å². The Morgan fingerprint density at radius 3 is 2.40 bits per heavy atom. The molecule has 1 rings (SSSR count). The second kappa shape index (κ2) is 4.11. The highest BCUT2D eigenvalue weighted by molar-refractivity contribution is 7.89. The van der Waals surface area contributed by atoms with Gasteiger partial charge in [-0.2, -0.15) is 0 Å². The Morgan fingerprint density at radius 1 is 1.40 bits per heavy atom. The molecular formula is C8H9F2NO3S. The van der Waals surface area contributed by atoms with Gasteiger partial charge in [0.05, 0.1) is 12.0 Å². The highest BCUT2D eigenvalue weighted by Crippen LogP contribution is 2.29. The van der Waals surface area contributed by atoms with Gasteiger partial charge in [0.1, 0.15) is 5.75 Å². The molecule has 0 atom stereocenters. The number of rotatable bonds is 3. The number of nitrogens with two attached hydrogens (primary N) is 1. The Labute approximate surface area is 85.7 Å². The number of halogens is 2. The normalized spacial score (nSPS) is 11.8. The Hall–Kier alpha value is -1.21. The molecular weight excluding hydrogens is 228 g/mol. The first kappa shape index (κ1) is 11.9. The van der Waals surface area contributed by atoms with E-state index in [1.54, 1.807) is 0 Å². The Balaban J connectivity index is 3.41. The molecule has 0 unspecified atom stereocenters. The molecule has 1 aromatic carbocycles. The minimum Gasteiger partial charge on any atom is -0.497 e. The third-order valence-electron chi connectivity index (χ3n) is 1.76. The number of ether oxygens (including phenoxy) is 1. The largest absolute Gasteiger partial charge is 0.497 e. The van der Waals surface area contributed by atoms with Crippen LogP contribution in [0.5, 0.6) is 5.75 Å². The number of primary sulfonamides is 1. The third-order valence-corrected chi connectivity index (χ3v) is 2.74. The van der Waals surface area contributed by atoms with E-state index in [-0.39, 0.29) is 5.75 Å². The molecule has 0 heterocycles. The molecule has 0 fully saturated rings. The third kappa shape index (κ3) is 2.63. The predicted octanol–water partition coefficient (Wildman–Crippen LogP) is 1.28. The van der Waals surface area contributed by atoms with Crippen LogP contribution >= 0.6 is 0 Å². The SMILES string of the molecule is COc1ccc(S(N)(=O)=O)c(C(F)F)c1. The first-order valence-electron chi connectivity index (χ1n) is 3.85. The second-order valence-electron chi connectivity index (χ2n) is 2.75. The van der Waals surface area contributed by atoms with Crippen LogP contribution < -0.4 is 9.88 Å². The number of alkyl halides is 2. The lowest BCUT2D eigenvalue weighted by Crippen LogP contribution is -2.14. The number of benzene rings is 1. The fourth-order valence-corrected chi connectivity index (χ4v) is 1.82. The maximum Gasteiger partial charge on any atom is 0.265 e. The van der Waals surface area contributed by atoms with Gasteiger partial charge < -0.3 is 4.74 Å². The molecule has 0 saturated heterocycles. The molecule has 7 heteroatoms. The number of hydrogen-bond acceptors (Lipinski definition) is 3. The van der Waals surface area contributed by atoms with Crippen molar-refractivity contribution in [1.82, 2.24) is 0 Å². The fourth-order valence-electron chi connectivity index (χ4n) is 1.08. The second-order valence-corrected chi connectivity index (χ2v) is 4.28. The van der Waals surface area contributed by atoms with Crippen molar-refractivity contribution >= 4 is 10.0 Å². The van der Waals surface area contributed by atoms with Gasteiger partial charge >= 0.3 is 0 Å². The minimum absolute atomic E-state index is 0.151. The molecule has 0 saturated carbocycles. The molecule has 0 radical (unpaired) electrons. The molecule has 1 aromatic rings. The van der Waals surface area contributed by atoms with E-state index in [9.17, 15) is 17.2 Å². The van der Waals surface area contributed by atoms with Crippen LogP contribution in [0.1, 0.15) is 12.0 Å². The fraction of sp³-hybridized carbons (Fsp3) is 0.250. The summed E-state index contributed by atoms with van der Waals surface area (Å²) in [5.41, 5.74) is -0.656. The molecule has 2 N–H and O–H groups in total. The van der Waals surface area contributed by atoms with Crippen LogP contribution in [0.4, 0.5) is 8.78 Å². The summed E-state index contributed by atoms with van der Waals surface area (Å²) in [6.45, 7) is 0. The van der Waals surface area contributed by atoms with E-state index >= 15 is 0 Å². The van der Waals surface area contributed by atoms with Crippen LogP contribution in [-0.4, -0.2) is 15.5 Å². The molecule has 84 valence electrons. The summed E-state index contributed by atoms with van der Waals surface area (Å²) in [5, 5.41) is 4.78. The van der Waals surface area contributed by atoms with Crippen LogP contribution in [0, 0.1) is 0 Å². The standard InChI is InChI=1S/C8H9F2NO3S/c1-14-5-2-3-7(15(11,12)13)6(4-5)8(9)10/h2-4,8H,1H3,(H2,11,12,13). The van der Waals surface area contributed by atoms with Gasteiger partial charge in [0, 0.05) is 5.56 Å². The van der Waals surface area contributed by atoms with Crippen LogP contribution in [0.2, 0.25) is 0 Å². The van der Waals surface area contributed by atoms with Crippen molar-refractivity contribution in [3.8, 4) is 5.75 Å². The summed E-state index contributed by atoms with van der Waals surface area (Å²) in [5.74, 6) is 0.151. The van der Waals surface area contributed by atoms with E-state index in [2.05, 4.69) is 0 Å². The first-order chi connectivity index (χ1) is 6.86. The Bertz CT molecular complexity index is 459. The van der Waals surface area contributed by atoms with Gasteiger partial charge in [-0.15, -0.1) is 0 Å². The van der Waals surface area contributed by atoms with Crippen LogP contribution in [0.25, 0.3) is 0 Å². The van der Waals surface area contributed by atoms with Crippen LogP contribution in [-0.2, 0) is 10.0 Å². The quantitative estimate of drug-likeness (QED) is 0.860. The smallest absolute Gasteiger partial charge is 0.265 e. The lowest BCUT2D eigenvalue weighted by Gasteiger charge is -2.08. The van der Waals surface area contributed by atoms with Gasteiger partial charge in [-0.1, -0.05) is 0 Å². The molecule has 0 spiro atoms. The summed E-state index contributed by atoms with van der Waals surface area (Å²) in [7, 11) is -2.85. The zero-order valence-corrected chi connectivity index (χ0v) is 8.59. The van der Waals surface area contributed by atoms with Gasteiger partial charge in [-0.3, -0.25) is 0 Å². The summed E-state index contributed by atoms with van der Waals surface area (Å²) < 4.78 is 51.6. The van der Waals surface area contributed by atoms with Crippen LogP contribution in [0.15, 0.2) is 23.1 Å². The molecule has 0 aliphatic heterocycles. The zero-order chi connectivity index (χ0) is 11.6. The minimum atomic E-state index is -4.14. The van der Waals surface area contributed by atoms with Crippen molar-refractivity contribution in [2.75, 3.05) is 7.11 Å². The summed E-state index contributed by atoms with van der Waals surface area (Å²) >= 11 is 0. The Morgan fingerprint density at radius 2 is 2.00 bits per heavy atom. The van der Waals surface area contributed by atoms with E-state index in [1.807, 2.05) is 0 Å². The van der Waals surface area contributed by atoms with Crippen molar-refractivity contribution in [3.63, 3.8) is 0 Å². The van der Waals surface area contributed by atoms with Crippen molar-refractivity contribution in [2.45, 2.75) is 11.3 Å². The monoisotopic (exact) mass is 237 g/mol. The molecule has 0 aromatic heterocycles. The highest BCUT2D eigenvalue weighted by atomic mass is 32.2.